The number of rotatable bonds is 5. The van der Waals surface area contributed by atoms with Crippen molar-refractivity contribution in [2.24, 2.45) is 5.10 Å². The molecule has 0 aliphatic carbocycles. The van der Waals surface area contributed by atoms with Gasteiger partial charge < -0.3 is 9.72 Å². The molecular weight excluding hydrogens is 334 g/mol. The molecule has 0 bridgehead atoms. The van der Waals surface area contributed by atoms with Crippen molar-refractivity contribution in [3.8, 4) is 5.75 Å². The molecule has 2 aromatic heterocycles. The maximum Gasteiger partial charge on any atom is 0.216 e. The predicted octanol–water partition coefficient (Wildman–Crippen LogP) is 3.88. The van der Waals surface area contributed by atoms with E-state index in [0.29, 0.717) is 10.6 Å². The summed E-state index contributed by atoms with van der Waals surface area (Å²) in [5, 5.41) is 12.5. The van der Waals surface area contributed by atoms with Crippen molar-refractivity contribution in [1.82, 2.24) is 19.9 Å². The van der Waals surface area contributed by atoms with Gasteiger partial charge in [-0.25, -0.2) is 5.10 Å². The lowest BCUT2D eigenvalue weighted by molar-refractivity contribution is 0.290. The van der Waals surface area contributed by atoms with Gasteiger partial charge in [0.15, 0.2) is 5.82 Å². The average Bonchev–Trinajstić information content (AvgIpc) is 3.22. The molecule has 4 rings (SSSR count). The van der Waals surface area contributed by atoms with Crippen LogP contribution in [0.5, 0.6) is 5.75 Å². The monoisotopic (exact) mass is 349 g/mol. The van der Waals surface area contributed by atoms with Gasteiger partial charge in [0, 0.05) is 22.7 Å². The van der Waals surface area contributed by atoms with Crippen LogP contribution in [-0.4, -0.2) is 26.1 Å². The van der Waals surface area contributed by atoms with E-state index in [1.54, 1.807) is 10.9 Å². The maximum atomic E-state index is 5.72. The molecule has 0 aliphatic rings. The highest BCUT2D eigenvalue weighted by molar-refractivity contribution is 7.71. The van der Waals surface area contributed by atoms with E-state index in [0.717, 1.165) is 22.2 Å². The summed E-state index contributed by atoms with van der Waals surface area (Å²) in [7, 11) is 0. The third-order valence-electron chi connectivity index (χ3n) is 3.76. The summed E-state index contributed by atoms with van der Waals surface area (Å²) in [6, 6.07) is 17.6. The number of nitrogens with one attached hydrogen (secondary N) is 2. The minimum Gasteiger partial charge on any atom is -0.486 e. The summed E-state index contributed by atoms with van der Waals surface area (Å²) in [5.74, 6) is 1.37. The number of aromatic nitrogens is 4. The van der Waals surface area contributed by atoms with Gasteiger partial charge in [-0.3, -0.25) is 0 Å². The maximum absolute atomic E-state index is 5.72. The molecule has 25 heavy (non-hydrogen) atoms. The van der Waals surface area contributed by atoms with Crippen LogP contribution in [0.3, 0.4) is 0 Å². The Hall–Kier alpha value is -3.19. The van der Waals surface area contributed by atoms with Gasteiger partial charge in [-0.1, -0.05) is 36.4 Å². The lowest BCUT2D eigenvalue weighted by Crippen LogP contribution is -2.04. The van der Waals surface area contributed by atoms with E-state index in [1.165, 1.54) is 0 Å². The fraction of sp³-hybridized carbons (Fsp3) is 0.0556. The van der Waals surface area contributed by atoms with Crippen LogP contribution in [0.1, 0.15) is 11.4 Å². The van der Waals surface area contributed by atoms with Gasteiger partial charge in [0.25, 0.3) is 0 Å². The zero-order valence-electron chi connectivity index (χ0n) is 13.2. The molecule has 7 heteroatoms. The number of benzene rings is 2. The van der Waals surface area contributed by atoms with E-state index in [4.69, 9.17) is 17.0 Å². The molecule has 0 fully saturated rings. The average molecular weight is 349 g/mol. The Bertz CT molecular complexity index is 1080. The molecule has 0 amide bonds. The summed E-state index contributed by atoms with van der Waals surface area (Å²) in [4.78, 5) is 3.22. The third kappa shape index (κ3) is 3.22. The van der Waals surface area contributed by atoms with Crippen LogP contribution in [0.4, 0.5) is 0 Å². The van der Waals surface area contributed by atoms with Crippen molar-refractivity contribution in [1.29, 1.82) is 0 Å². The lowest BCUT2D eigenvalue weighted by atomic mass is 10.2. The van der Waals surface area contributed by atoms with E-state index in [2.05, 4.69) is 20.3 Å². The quantitative estimate of drug-likeness (QED) is 0.424. The van der Waals surface area contributed by atoms with Gasteiger partial charge in [-0.05, 0) is 30.4 Å². The molecule has 2 aromatic carbocycles. The van der Waals surface area contributed by atoms with Gasteiger partial charge in [-0.2, -0.15) is 14.9 Å². The van der Waals surface area contributed by atoms with E-state index >= 15 is 0 Å². The zero-order chi connectivity index (χ0) is 17.1. The molecule has 4 aromatic rings. The Kier molecular flexibility index (Phi) is 4.14. The van der Waals surface area contributed by atoms with Crippen molar-refractivity contribution in [2.75, 3.05) is 0 Å². The molecule has 2 N–H and O–H groups in total. The van der Waals surface area contributed by atoms with Gasteiger partial charge in [0.1, 0.15) is 12.4 Å². The Balaban J connectivity index is 1.58. The predicted molar refractivity (Wildman–Crippen MR) is 99.5 cm³/mol. The van der Waals surface area contributed by atoms with Crippen molar-refractivity contribution in [3.63, 3.8) is 0 Å². The van der Waals surface area contributed by atoms with Crippen LogP contribution in [-0.2, 0) is 6.61 Å². The molecule has 0 unspecified atom stereocenters. The third-order valence-corrected chi connectivity index (χ3v) is 4.03. The molecule has 124 valence electrons. The van der Waals surface area contributed by atoms with E-state index in [1.807, 2.05) is 60.8 Å². The molecule has 6 nitrogen and oxygen atoms in total. The summed E-state index contributed by atoms with van der Waals surface area (Å²) in [6.07, 6.45) is 3.67. The minimum atomic E-state index is 0.266. The molecule has 0 atom stereocenters. The van der Waals surface area contributed by atoms with Gasteiger partial charge in [0.05, 0.1) is 6.21 Å². The summed E-state index contributed by atoms with van der Waals surface area (Å²) in [5.41, 5.74) is 2.04. The second-order valence-electron chi connectivity index (χ2n) is 5.39. The van der Waals surface area contributed by atoms with Crippen molar-refractivity contribution in [3.05, 3.63) is 77.0 Å². The number of hydrogen-bond acceptors (Lipinski definition) is 4. The summed E-state index contributed by atoms with van der Waals surface area (Å²) in [6.45, 7) is 0.266. The number of hydrogen-bond donors (Lipinski definition) is 2. The Labute approximate surface area is 148 Å². The highest BCUT2D eigenvalue weighted by atomic mass is 32.1. The SMILES string of the molecule is S=c1[nH]nc(COc2ccccc2)n1N=Cc1c[nH]c2ccccc12. The number of H-pyrrole nitrogens is 2. The first-order valence-corrected chi connectivity index (χ1v) is 8.17. The standard InChI is InChI=1S/C18H15N5OS/c25-18-22-21-17(12-24-14-6-2-1-3-7-14)23(18)20-11-13-10-19-16-9-5-4-8-15(13)16/h1-11,19H,12H2,(H,22,25). The second-order valence-corrected chi connectivity index (χ2v) is 5.78. The topological polar surface area (TPSA) is 71.0 Å². The first-order chi connectivity index (χ1) is 12.3. The van der Waals surface area contributed by atoms with Gasteiger partial charge in [0.2, 0.25) is 4.77 Å². The fourth-order valence-corrected chi connectivity index (χ4v) is 2.72. The van der Waals surface area contributed by atoms with Crippen LogP contribution >= 0.6 is 12.2 Å². The first kappa shape index (κ1) is 15.3. The van der Waals surface area contributed by atoms with Crippen molar-refractivity contribution < 1.29 is 4.74 Å². The highest BCUT2D eigenvalue weighted by Crippen LogP contribution is 2.16. The first-order valence-electron chi connectivity index (χ1n) is 7.76. The molecule has 0 saturated heterocycles. The Morgan fingerprint density at radius 2 is 1.92 bits per heavy atom. The molecule has 0 spiro atoms. The number of ether oxygens (including phenoxy) is 1. The summed E-state index contributed by atoms with van der Waals surface area (Å²) < 4.78 is 7.71. The highest BCUT2D eigenvalue weighted by Gasteiger charge is 2.07. The summed E-state index contributed by atoms with van der Waals surface area (Å²) >= 11 is 5.26. The number of para-hydroxylation sites is 2. The van der Waals surface area contributed by atoms with Crippen LogP contribution in [0, 0.1) is 4.77 Å². The fourth-order valence-electron chi connectivity index (χ4n) is 2.52. The van der Waals surface area contributed by atoms with Crippen molar-refractivity contribution in [2.45, 2.75) is 6.61 Å². The number of nitrogens with zero attached hydrogens (tertiary/aromatic N) is 3. The number of aromatic amines is 2. The van der Waals surface area contributed by atoms with Crippen LogP contribution in [0.2, 0.25) is 0 Å². The Morgan fingerprint density at radius 3 is 2.80 bits per heavy atom. The second kappa shape index (κ2) is 6.74. The zero-order valence-corrected chi connectivity index (χ0v) is 14.0. The van der Waals surface area contributed by atoms with E-state index in [-0.39, 0.29) is 6.61 Å². The molecular formula is C18H15N5OS. The Morgan fingerprint density at radius 1 is 1.12 bits per heavy atom. The van der Waals surface area contributed by atoms with Crippen LogP contribution < -0.4 is 4.74 Å². The molecule has 2 heterocycles. The van der Waals surface area contributed by atoms with Gasteiger partial charge >= 0.3 is 0 Å². The minimum absolute atomic E-state index is 0.266. The van der Waals surface area contributed by atoms with E-state index < -0.39 is 0 Å². The van der Waals surface area contributed by atoms with Crippen molar-refractivity contribution >= 4 is 29.3 Å². The van der Waals surface area contributed by atoms with E-state index in [9.17, 15) is 0 Å². The molecule has 0 saturated carbocycles. The molecule has 0 aliphatic heterocycles. The molecule has 0 radical (unpaired) electrons. The van der Waals surface area contributed by atoms with Gasteiger partial charge in [-0.15, -0.1) is 0 Å². The van der Waals surface area contributed by atoms with Crippen LogP contribution in [0.15, 0.2) is 65.9 Å². The smallest absolute Gasteiger partial charge is 0.216 e. The number of fused-ring (bicyclic) bond motifs is 1. The van der Waals surface area contributed by atoms with Crippen LogP contribution in [0.25, 0.3) is 10.9 Å². The normalized spacial score (nSPS) is 11.4. The lowest BCUT2D eigenvalue weighted by Gasteiger charge is -2.04. The largest absolute Gasteiger partial charge is 0.486 e.